The predicted octanol–water partition coefficient (Wildman–Crippen LogP) is 1.50. The summed E-state index contributed by atoms with van der Waals surface area (Å²) in [5.41, 5.74) is -0.154. The van der Waals surface area contributed by atoms with Gasteiger partial charge in [0.05, 0.1) is 4.90 Å². The smallest absolute Gasteiger partial charge is 0.322 e. The van der Waals surface area contributed by atoms with Crippen molar-refractivity contribution in [3.05, 3.63) is 54.1 Å². The molecule has 0 radical (unpaired) electrons. The molecule has 1 saturated heterocycles. The van der Waals surface area contributed by atoms with Crippen LogP contribution < -0.4 is 20.7 Å². The first-order valence-corrected chi connectivity index (χ1v) is 9.73. The number of carbonyl (C=O) groups is 3. The standard InChI is InChI=1S/C18H18N4O5S/c1-11(23)19-13-6-8-15(9-7-13)28(26,27)22-14-5-3-4-12(10-14)18(2)16(24)20-17(25)21-18/h3-10,22H,1-2H3,(H,19,23)(H2,20,21,24,25). The van der Waals surface area contributed by atoms with Crippen molar-refractivity contribution in [3.8, 4) is 0 Å². The van der Waals surface area contributed by atoms with E-state index >= 15 is 0 Å². The fourth-order valence-corrected chi connectivity index (χ4v) is 3.82. The average Bonchev–Trinajstić information content (AvgIpc) is 2.88. The molecule has 0 aromatic heterocycles. The fraction of sp³-hybridized carbons (Fsp3) is 0.167. The summed E-state index contributed by atoms with van der Waals surface area (Å²) in [6.07, 6.45) is 0. The second-order valence-corrected chi connectivity index (χ2v) is 8.11. The zero-order chi connectivity index (χ0) is 20.5. The monoisotopic (exact) mass is 402 g/mol. The lowest BCUT2D eigenvalue weighted by atomic mass is 9.92. The van der Waals surface area contributed by atoms with Gasteiger partial charge in [-0.15, -0.1) is 0 Å². The van der Waals surface area contributed by atoms with E-state index < -0.39 is 27.5 Å². The molecule has 4 N–H and O–H groups in total. The summed E-state index contributed by atoms with van der Waals surface area (Å²) < 4.78 is 27.7. The van der Waals surface area contributed by atoms with Gasteiger partial charge in [-0.2, -0.15) is 0 Å². The summed E-state index contributed by atoms with van der Waals surface area (Å²) in [5.74, 6) is -0.784. The van der Waals surface area contributed by atoms with Gasteiger partial charge in [-0.3, -0.25) is 19.6 Å². The van der Waals surface area contributed by atoms with Gasteiger partial charge in [0.25, 0.3) is 15.9 Å². The maximum atomic E-state index is 12.6. The van der Waals surface area contributed by atoms with E-state index in [4.69, 9.17) is 0 Å². The molecule has 146 valence electrons. The Bertz CT molecular complexity index is 1070. The molecule has 0 spiro atoms. The minimum atomic E-state index is -3.89. The first kappa shape index (κ1) is 19.4. The number of imide groups is 1. The lowest BCUT2D eigenvalue weighted by molar-refractivity contribution is -0.123. The second kappa shape index (κ2) is 6.97. The molecule has 0 bridgehead atoms. The lowest BCUT2D eigenvalue weighted by Crippen LogP contribution is -2.40. The third-order valence-corrected chi connectivity index (χ3v) is 5.62. The van der Waals surface area contributed by atoms with E-state index in [1.165, 1.54) is 50.2 Å². The molecule has 2 aromatic rings. The average molecular weight is 402 g/mol. The third-order valence-electron chi connectivity index (χ3n) is 4.22. The van der Waals surface area contributed by atoms with Crippen molar-refractivity contribution in [1.82, 2.24) is 10.6 Å². The van der Waals surface area contributed by atoms with Crippen LogP contribution in [0.5, 0.6) is 0 Å². The summed E-state index contributed by atoms with van der Waals surface area (Å²) in [5, 5.41) is 7.25. The van der Waals surface area contributed by atoms with Crippen molar-refractivity contribution >= 4 is 39.2 Å². The molecule has 3 rings (SSSR count). The normalized spacial score (nSPS) is 18.9. The number of anilines is 2. The number of nitrogens with one attached hydrogen (secondary N) is 4. The van der Waals surface area contributed by atoms with Crippen molar-refractivity contribution in [2.24, 2.45) is 0 Å². The zero-order valence-electron chi connectivity index (χ0n) is 15.1. The Morgan fingerprint density at radius 3 is 2.29 bits per heavy atom. The number of carbonyl (C=O) groups excluding carboxylic acids is 3. The maximum Gasteiger partial charge on any atom is 0.322 e. The molecule has 28 heavy (non-hydrogen) atoms. The van der Waals surface area contributed by atoms with E-state index in [-0.39, 0.29) is 16.5 Å². The van der Waals surface area contributed by atoms with Crippen LogP contribution in [0.3, 0.4) is 0 Å². The maximum absolute atomic E-state index is 12.6. The van der Waals surface area contributed by atoms with Crippen LogP contribution in [0, 0.1) is 0 Å². The van der Waals surface area contributed by atoms with Crippen molar-refractivity contribution in [1.29, 1.82) is 0 Å². The van der Waals surface area contributed by atoms with E-state index in [1.807, 2.05) is 0 Å². The highest BCUT2D eigenvalue weighted by molar-refractivity contribution is 7.92. The van der Waals surface area contributed by atoms with E-state index in [2.05, 4.69) is 20.7 Å². The molecule has 10 heteroatoms. The number of benzene rings is 2. The van der Waals surface area contributed by atoms with E-state index in [9.17, 15) is 22.8 Å². The number of sulfonamides is 1. The molecule has 1 fully saturated rings. The molecule has 1 atom stereocenters. The van der Waals surface area contributed by atoms with Crippen LogP contribution in [-0.2, 0) is 25.2 Å². The van der Waals surface area contributed by atoms with Crippen LogP contribution in [0.4, 0.5) is 16.2 Å². The van der Waals surface area contributed by atoms with Crippen molar-refractivity contribution in [2.75, 3.05) is 10.0 Å². The molecule has 1 unspecified atom stereocenters. The molecule has 2 aromatic carbocycles. The van der Waals surface area contributed by atoms with Gasteiger partial charge in [0.15, 0.2) is 0 Å². The number of amides is 4. The third kappa shape index (κ3) is 3.81. The number of rotatable bonds is 5. The minimum absolute atomic E-state index is 0.00475. The minimum Gasteiger partial charge on any atom is -0.326 e. The van der Waals surface area contributed by atoms with Gasteiger partial charge in [-0.05, 0) is 48.9 Å². The molecular formula is C18H18N4O5S. The molecule has 9 nitrogen and oxygen atoms in total. The summed E-state index contributed by atoms with van der Waals surface area (Å²) >= 11 is 0. The summed E-state index contributed by atoms with van der Waals surface area (Å²) in [6.45, 7) is 2.88. The Labute approximate surface area is 161 Å². The van der Waals surface area contributed by atoms with Crippen LogP contribution in [0.15, 0.2) is 53.4 Å². The van der Waals surface area contributed by atoms with E-state index in [0.717, 1.165) is 0 Å². The highest BCUT2D eigenvalue weighted by atomic mass is 32.2. The predicted molar refractivity (Wildman–Crippen MR) is 102 cm³/mol. The van der Waals surface area contributed by atoms with E-state index in [1.54, 1.807) is 12.1 Å². The van der Waals surface area contributed by atoms with Crippen molar-refractivity contribution in [2.45, 2.75) is 24.3 Å². The van der Waals surface area contributed by atoms with Crippen molar-refractivity contribution < 1.29 is 22.8 Å². The largest absolute Gasteiger partial charge is 0.326 e. The molecule has 1 aliphatic heterocycles. The Hall–Kier alpha value is -3.40. The van der Waals surface area contributed by atoms with Crippen LogP contribution in [0.1, 0.15) is 19.4 Å². The van der Waals surface area contributed by atoms with Gasteiger partial charge in [-0.25, -0.2) is 13.2 Å². The highest BCUT2D eigenvalue weighted by Crippen LogP contribution is 2.27. The van der Waals surface area contributed by atoms with Crippen molar-refractivity contribution in [3.63, 3.8) is 0 Å². The SMILES string of the molecule is CC(=O)Nc1ccc(S(=O)(=O)Nc2cccc(C3(C)NC(=O)NC3=O)c2)cc1. The number of hydrogen-bond acceptors (Lipinski definition) is 5. The second-order valence-electron chi connectivity index (χ2n) is 6.43. The Morgan fingerprint density at radius 2 is 1.71 bits per heavy atom. The summed E-state index contributed by atoms with van der Waals surface area (Å²) in [7, 11) is -3.89. The topological polar surface area (TPSA) is 133 Å². The number of hydrogen-bond donors (Lipinski definition) is 4. The molecule has 0 saturated carbocycles. The van der Waals surface area contributed by atoms with Crippen LogP contribution >= 0.6 is 0 Å². The molecule has 1 aliphatic rings. The summed E-state index contributed by atoms with van der Waals surface area (Å²) in [6, 6.07) is 11.3. The first-order valence-electron chi connectivity index (χ1n) is 8.25. The molecule has 1 heterocycles. The quantitative estimate of drug-likeness (QED) is 0.563. The fourth-order valence-electron chi connectivity index (χ4n) is 2.77. The van der Waals surface area contributed by atoms with Crippen LogP contribution in [0.25, 0.3) is 0 Å². The van der Waals surface area contributed by atoms with Gasteiger partial charge in [-0.1, -0.05) is 12.1 Å². The lowest BCUT2D eigenvalue weighted by Gasteiger charge is -2.21. The van der Waals surface area contributed by atoms with Crippen LogP contribution in [0.2, 0.25) is 0 Å². The molecule has 4 amide bonds. The van der Waals surface area contributed by atoms with Gasteiger partial charge in [0, 0.05) is 18.3 Å². The van der Waals surface area contributed by atoms with Gasteiger partial charge >= 0.3 is 6.03 Å². The highest BCUT2D eigenvalue weighted by Gasteiger charge is 2.43. The van der Waals surface area contributed by atoms with Gasteiger partial charge in [0.2, 0.25) is 5.91 Å². The van der Waals surface area contributed by atoms with Crippen LogP contribution in [-0.4, -0.2) is 26.3 Å². The van der Waals surface area contributed by atoms with Gasteiger partial charge < -0.3 is 10.6 Å². The zero-order valence-corrected chi connectivity index (χ0v) is 15.9. The molecular weight excluding hydrogens is 384 g/mol. The Morgan fingerprint density at radius 1 is 1.04 bits per heavy atom. The number of urea groups is 1. The Balaban J connectivity index is 1.84. The van der Waals surface area contributed by atoms with Gasteiger partial charge in [0.1, 0.15) is 5.54 Å². The molecule has 0 aliphatic carbocycles. The summed E-state index contributed by atoms with van der Waals surface area (Å²) in [4.78, 5) is 34.6. The Kier molecular flexibility index (Phi) is 4.82. The first-order chi connectivity index (χ1) is 13.1. The van der Waals surface area contributed by atoms with E-state index in [0.29, 0.717) is 11.3 Å².